The fourth-order valence-electron chi connectivity index (χ4n) is 2.51. The van der Waals surface area contributed by atoms with Crippen molar-refractivity contribution in [2.45, 2.75) is 0 Å². The first-order chi connectivity index (χ1) is 14.3. The van der Waals surface area contributed by atoms with Crippen molar-refractivity contribution in [3.05, 3.63) is 74.9 Å². The van der Waals surface area contributed by atoms with Gasteiger partial charge in [0.25, 0.3) is 11.8 Å². The van der Waals surface area contributed by atoms with Crippen LogP contribution in [0.5, 0.6) is 5.75 Å². The quantitative estimate of drug-likeness (QED) is 0.332. The Bertz CT molecular complexity index is 1140. The van der Waals surface area contributed by atoms with E-state index in [1.54, 1.807) is 6.07 Å². The van der Waals surface area contributed by atoms with Crippen LogP contribution < -0.4 is 20.9 Å². The van der Waals surface area contributed by atoms with Crippen molar-refractivity contribution >= 4 is 71.8 Å². The van der Waals surface area contributed by atoms with Gasteiger partial charge in [0.15, 0.2) is 11.7 Å². The number of carbonyl (C=O) groups is 2. The standard InChI is InChI=1S/C20H14Br2FN3O3S/c21-12-6-7-13-11(9-12)5-8-16(18(13)22)29-10-17(27)25-26-20(30)24-19(28)14-3-1-2-4-15(14)23/h1-9H,10H2,(H,25,27)(H2,24,26,28,30). The van der Waals surface area contributed by atoms with Crippen LogP contribution in [-0.4, -0.2) is 23.5 Å². The molecular formula is C20H14Br2FN3O3S. The summed E-state index contributed by atoms with van der Waals surface area (Å²) in [5, 5.41) is 4.03. The molecular weight excluding hydrogens is 541 g/mol. The first kappa shape index (κ1) is 22.1. The highest BCUT2D eigenvalue weighted by Gasteiger charge is 2.13. The monoisotopic (exact) mass is 553 g/mol. The van der Waals surface area contributed by atoms with Crippen LogP contribution in [-0.2, 0) is 4.79 Å². The minimum absolute atomic E-state index is 0.163. The topological polar surface area (TPSA) is 79.5 Å². The van der Waals surface area contributed by atoms with E-state index in [2.05, 4.69) is 48.0 Å². The lowest BCUT2D eigenvalue weighted by Crippen LogP contribution is -2.49. The van der Waals surface area contributed by atoms with Gasteiger partial charge in [-0.3, -0.25) is 25.8 Å². The molecule has 3 aromatic carbocycles. The van der Waals surface area contributed by atoms with Crippen molar-refractivity contribution in [1.82, 2.24) is 16.2 Å². The maximum atomic E-state index is 13.6. The van der Waals surface area contributed by atoms with Crippen LogP contribution in [0.1, 0.15) is 10.4 Å². The van der Waals surface area contributed by atoms with Gasteiger partial charge in [-0.25, -0.2) is 4.39 Å². The van der Waals surface area contributed by atoms with Crippen LogP contribution in [0.4, 0.5) is 4.39 Å². The number of thiocarbonyl (C=S) groups is 1. The van der Waals surface area contributed by atoms with E-state index in [-0.39, 0.29) is 17.3 Å². The Balaban J connectivity index is 1.50. The van der Waals surface area contributed by atoms with Crippen LogP contribution in [0, 0.1) is 5.82 Å². The molecule has 2 amide bonds. The molecule has 0 aliphatic carbocycles. The van der Waals surface area contributed by atoms with Gasteiger partial charge in [-0.15, -0.1) is 0 Å². The summed E-state index contributed by atoms with van der Waals surface area (Å²) in [4.78, 5) is 24.0. The zero-order chi connectivity index (χ0) is 21.7. The third kappa shape index (κ3) is 5.53. The van der Waals surface area contributed by atoms with Crippen molar-refractivity contribution in [2.24, 2.45) is 0 Å². The average molecular weight is 555 g/mol. The summed E-state index contributed by atoms with van der Waals surface area (Å²) < 4.78 is 20.8. The van der Waals surface area contributed by atoms with Crippen LogP contribution in [0.25, 0.3) is 10.8 Å². The predicted octanol–water partition coefficient (Wildman–Crippen LogP) is 4.22. The van der Waals surface area contributed by atoms with Crippen LogP contribution in [0.3, 0.4) is 0 Å². The minimum atomic E-state index is -0.733. The Morgan fingerprint density at radius 1 is 1.03 bits per heavy atom. The number of halogens is 3. The number of ether oxygens (including phenoxy) is 1. The Labute approximate surface area is 193 Å². The van der Waals surface area contributed by atoms with E-state index in [4.69, 9.17) is 17.0 Å². The molecule has 6 nitrogen and oxygen atoms in total. The largest absolute Gasteiger partial charge is 0.483 e. The van der Waals surface area contributed by atoms with Gasteiger partial charge in [0, 0.05) is 4.47 Å². The second-order valence-electron chi connectivity index (χ2n) is 5.97. The molecule has 0 saturated carbocycles. The number of hydrogen-bond acceptors (Lipinski definition) is 4. The third-order valence-electron chi connectivity index (χ3n) is 3.90. The molecule has 0 radical (unpaired) electrons. The molecule has 0 aliphatic heterocycles. The summed E-state index contributed by atoms with van der Waals surface area (Å²) in [7, 11) is 0. The number of hydrogen-bond donors (Lipinski definition) is 3. The molecule has 0 spiro atoms. The summed E-state index contributed by atoms with van der Waals surface area (Å²) in [6, 6.07) is 14.9. The molecule has 0 saturated heterocycles. The van der Waals surface area contributed by atoms with Gasteiger partial charge in [-0.05, 0) is 69.3 Å². The number of carbonyl (C=O) groups excluding carboxylic acids is 2. The molecule has 3 N–H and O–H groups in total. The molecule has 0 atom stereocenters. The summed E-state index contributed by atoms with van der Waals surface area (Å²) in [5.41, 5.74) is 4.51. The van der Waals surface area contributed by atoms with Crippen molar-refractivity contribution in [2.75, 3.05) is 6.61 Å². The van der Waals surface area contributed by atoms with E-state index in [1.165, 1.54) is 18.2 Å². The summed E-state index contributed by atoms with van der Waals surface area (Å²) >= 11 is 11.8. The summed E-state index contributed by atoms with van der Waals surface area (Å²) in [6.07, 6.45) is 0. The second kappa shape index (κ2) is 9.96. The molecule has 0 unspecified atom stereocenters. The maximum absolute atomic E-state index is 13.6. The normalized spacial score (nSPS) is 10.4. The van der Waals surface area contributed by atoms with Gasteiger partial charge >= 0.3 is 0 Å². The Kier molecular flexibility index (Phi) is 7.35. The number of fused-ring (bicyclic) bond motifs is 1. The number of amides is 2. The van der Waals surface area contributed by atoms with E-state index in [0.29, 0.717) is 5.75 Å². The summed E-state index contributed by atoms with van der Waals surface area (Å²) in [6.45, 7) is -0.294. The molecule has 3 rings (SSSR count). The van der Waals surface area contributed by atoms with Gasteiger partial charge in [-0.1, -0.05) is 40.2 Å². The first-order valence-electron chi connectivity index (χ1n) is 8.50. The van der Waals surface area contributed by atoms with Gasteiger partial charge in [0.05, 0.1) is 10.0 Å². The van der Waals surface area contributed by atoms with Gasteiger partial charge in [-0.2, -0.15) is 0 Å². The SMILES string of the molecule is O=C(COc1ccc2cc(Br)ccc2c1Br)NNC(=S)NC(=O)c1ccccc1F. The fraction of sp³-hybridized carbons (Fsp3) is 0.0500. The zero-order valence-electron chi connectivity index (χ0n) is 15.2. The Morgan fingerprint density at radius 3 is 2.57 bits per heavy atom. The highest BCUT2D eigenvalue weighted by atomic mass is 79.9. The average Bonchev–Trinajstić information content (AvgIpc) is 2.72. The number of benzene rings is 3. The van der Waals surface area contributed by atoms with Gasteiger partial charge in [0.1, 0.15) is 11.6 Å². The zero-order valence-corrected chi connectivity index (χ0v) is 19.2. The highest BCUT2D eigenvalue weighted by molar-refractivity contribution is 9.11. The predicted molar refractivity (Wildman–Crippen MR) is 123 cm³/mol. The minimum Gasteiger partial charge on any atom is -0.483 e. The highest BCUT2D eigenvalue weighted by Crippen LogP contribution is 2.34. The molecule has 0 fully saturated rings. The fourth-order valence-corrected chi connectivity index (χ4v) is 3.64. The molecule has 10 heteroatoms. The van der Waals surface area contributed by atoms with Crippen LogP contribution in [0.2, 0.25) is 0 Å². The second-order valence-corrected chi connectivity index (χ2v) is 8.09. The van der Waals surface area contributed by atoms with E-state index in [1.807, 2.05) is 24.3 Å². The van der Waals surface area contributed by atoms with E-state index >= 15 is 0 Å². The first-order valence-corrected chi connectivity index (χ1v) is 10.5. The molecule has 0 aromatic heterocycles. The number of nitrogens with one attached hydrogen (secondary N) is 3. The number of hydrazine groups is 1. The third-order valence-corrected chi connectivity index (χ3v) is 5.42. The lowest BCUT2D eigenvalue weighted by atomic mass is 10.1. The lowest BCUT2D eigenvalue weighted by molar-refractivity contribution is -0.123. The Hall–Kier alpha value is -2.56. The van der Waals surface area contributed by atoms with E-state index in [9.17, 15) is 14.0 Å². The summed E-state index contributed by atoms with van der Waals surface area (Å²) in [5.74, 6) is -1.44. The Morgan fingerprint density at radius 2 is 1.80 bits per heavy atom. The smallest absolute Gasteiger partial charge is 0.276 e. The van der Waals surface area contributed by atoms with Crippen molar-refractivity contribution < 1.29 is 18.7 Å². The van der Waals surface area contributed by atoms with E-state index in [0.717, 1.165) is 25.8 Å². The van der Waals surface area contributed by atoms with Gasteiger partial charge < -0.3 is 4.74 Å². The van der Waals surface area contributed by atoms with Crippen LogP contribution >= 0.6 is 44.1 Å². The molecule has 0 aliphatic rings. The molecule has 0 heterocycles. The molecule has 0 bridgehead atoms. The number of rotatable bonds is 4. The molecule has 154 valence electrons. The maximum Gasteiger partial charge on any atom is 0.276 e. The lowest BCUT2D eigenvalue weighted by Gasteiger charge is -2.13. The van der Waals surface area contributed by atoms with Crippen LogP contribution in [0.15, 0.2) is 63.5 Å². The van der Waals surface area contributed by atoms with E-state index < -0.39 is 17.6 Å². The van der Waals surface area contributed by atoms with Gasteiger partial charge in [0.2, 0.25) is 0 Å². The van der Waals surface area contributed by atoms with Crippen molar-refractivity contribution in [1.29, 1.82) is 0 Å². The van der Waals surface area contributed by atoms with Crippen molar-refractivity contribution in [3.63, 3.8) is 0 Å². The van der Waals surface area contributed by atoms with Crippen molar-refractivity contribution in [3.8, 4) is 5.75 Å². The molecule has 3 aromatic rings. The molecule has 30 heavy (non-hydrogen) atoms.